The van der Waals surface area contributed by atoms with Crippen molar-refractivity contribution in [1.82, 2.24) is 10.2 Å². The number of carbonyl (C=O) groups excluding carboxylic acids is 1. The van der Waals surface area contributed by atoms with E-state index < -0.39 is 0 Å². The zero-order valence-corrected chi connectivity index (χ0v) is 9.76. The Morgan fingerprint density at radius 1 is 1.57 bits per heavy atom. The third kappa shape index (κ3) is 2.47. The molecule has 0 aromatic carbocycles. The molecular weight excluding hydrogens is 176 g/mol. The molecule has 82 valence electrons. The van der Waals surface area contributed by atoms with E-state index >= 15 is 0 Å². The topological polar surface area (TPSA) is 32.3 Å². The molecule has 1 aliphatic rings. The second-order valence-corrected chi connectivity index (χ2v) is 5.05. The molecular formula is C11H22N2O. The van der Waals surface area contributed by atoms with Crippen LogP contribution in [-0.4, -0.2) is 37.5 Å². The molecule has 14 heavy (non-hydrogen) atoms. The van der Waals surface area contributed by atoms with Crippen LogP contribution in [0.1, 0.15) is 27.2 Å². The summed E-state index contributed by atoms with van der Waals surface area (Å²) in [7, 11) is 1.95. The highest BCUT2D eigenvalue weighted by molar-refractivity contribution is 5.83. The Hall–Kier alpha value is -0.570. The Morgan fingerprint density at radius 3 is 2.64 bits per heavy atom. The first-order valence-electron chi connectivity index (χ1n) is 5.41. The van der Waals surface area contributed by atoms with Crippen molar-refractivity contribution in [3.8, 4) is 0 Å². The summed E-state index contributed by atoms with van der Waals surface area (Å²) in [4.78, 5) is 13.9. The summed E-state index contributed by atoms with van der Waals surface area (Å²) in [5.74, 6) is 0.860. The van der Waals surface area contributed by atoms with Gasteiger partial charge in [0, 0.05) is 18.5 Å². The lowest BCUT2D eigenvalue weighted by Crippen LogP contribution is -2.36. The molecule has 1 rings (SSSR count). The van der Waals surface area contributed by atoms with Crippen molar-refractivity contribution in [3.05, 3.63) is 0 Å². The predicted octanol–water partition coefficient (Wildman–Crippen LogP) is 1.10. The van der Waals surface area contributed by atoms with Gasteiger partial charge in [0.05, 0.1) is 0 Å². The fourth-order valence-corrected chi connectivity index (χ4v) is 2.01. The number of rotatable bonds is 4. The Labute approximate surface area is 86.9 Å². The minimum absolute atomic E-state index is 0.126. The van der Waals surface area contributed by atoms with Gasteiger partial charge in [-0.05, 0) is 25.9 Å². The molecule has 0 aliphatic carbocycles. The molecule has 1 fully saturated rings. The van der Waals surface area contributed by atoms with E-state index in [1.807, 2.05) is 25.8 Å². The highest BCUT2D eigenvalue weighted by atomic mass is 16.2. The van der Waals surface area contributed by atoms with Crippen molar-refractivity contribution in [1.29, 1.82) is 0 Å². The predicted molar refractivity (Wildman–Crippen MR) is 58.1 cm³/mol. The molecule has 1 heterocycles. The molecule has 0 radical (unpaired) electrons. The van der Waals surface area contributed by atoms with Gasteiger partial charge in [-0.25, -0.2) is 0 Å². The molecule has 0 aromatic rings. The second kappa shape index (κ2) is 4.30. The van der Waals surface area contributed by atoms with Crippen molar-refractivity contribution in [3.63, 3.8) is 0 Å². The molecule has 1 atom stereocenters. The molecule has 3 heteroatoms. The quantitative estimate of drug-likeness (QED) is 0.733. The summed E-state index contributed by atoms with van der Waals surface area (Å²) < 4.78 is 0. The lowest BCUT2D eigenvalue weighted by Gasteiger charge is -2.22. The largest absolute Gasteiger partial charge is 0.342 e. The summed E-state index contributed by atoms with van der Waals surface area (Å²) >= 11 is 0. The van der Waals surface area contributed by atoms with E-state index in [1.165, 1.54) is 0 Å². The van der Waals surface area contributed by atoms with E-state index in [9.17, 15) is 4.79 Å². The van der Waals surface area contributed by atoms with Gasteiger partial charge in [-0.2, -0.15) is 0 Å². The Kier molecular flexibility index (Phi) is 3.53. The van der Waals surface area contributed by atoms with Gasteiger partial charge in [-0.15, -0.1) is 0 Å². The minimum atomic E-state index is -0.126. The van der Waals surface area contributed by atoms with Crippen LogP contribution >= 0.6 is 0 Å². The Morgan fingerprint density at radius 2 is 2.21 bits per heavy atom. The maximum absolute atomic E-state index is 11.9. The van der Waals surface area contributed by atoms with Crippen molar-refractivity contribution in [2.24, 2.45) is 11.3 Å². The molecule has 3 nitrogen and oxygen atoms in total. The molecule has 1 aliphatic heterocycles. The summed E-state index contributed by atoms with van der Waals surface area (Å²) in [6.07, 6.45) is 0.998. The molecule has 1 N–H and O–H groups in total. The number of likely N-dealkylation sites (tertiary alicyclic amines) is 1. The Bertz CT molecular complexity index is 213. The average Bonchev–Trinajstić information content (AvgIpc) is 2.33. The zero-order chi connectivity index (χ0) is 10.8. The van der Waals surface area contributed by atoms with Gasteiger partial charge >= 0.3 is 0 Å². The molecule has 0 saturated carbocycles. The van der Waals surface area contributed by atoms with E-state index in [2.05, 4.69) is 12.2 Å². The smallest absolute Gasteiger partial charge is 0.228 e. The first-order chi connectivity index (χ1) is 6.47. The number of hydrogen-bond donors (Lipinski definition) is 1. The first kappa shape index (κ1) is 11.5. The van der Waals surface area contributed by atoms with Crippen molar-refractivity contribution < 1.29 is 4.79 Å². The van der Waals surface area contributed by atoms with Gasteiger partial charge in [0.25, 0.3) is 0 Å². The van der Waals surface area contributed by atoms with Crippen LogP contribution in [0.4, 0.5) is 0 Å². The van der Waals surface area contributed by atoms with Crippen LogP contribution in [0.2, 0.25) is 0 Å². The van der Waals surface area contributed by atoms with E-state index in [0.717, 1.165) is 26.1 Å². The standard InChI is InChI=1S/C11H22N2O/c1-9(7-12-4)8-13-6-5-11(2,3)10(13)14/h9,12H,5-8H2,1-4H3. The Balaban J connectivity index is 2.44. The van der Waals surface area contributed by atoms with Gasteiger partial charge in [0.2, 0.25) is 5.91 Å². The van der Waals surface area contributed by atoms with Crippen LogP contribution in [0.5, 0.6) is 0 Å². The molecule has 0 spiro atoms. The number of amides is 1. The van der Waals surface area contributed by atoms with E-state index in [4.69, 9.17) is 0 Å². The molecule has 1 amide bonds. The van der Waals surface area contributed by atoms with Crippen LogP contribution in [0.25, 0.3) is 0 Å². The maximum Gasteiger partial charge on any atom is 0.228 e. The lowest BCUT2D eigenvalue weighted by molar-refractivity contribution is -0.135. The van der Waals surface area contributed by atoms with Crippen LogP contribution in [0.3, 0.4) is 0 Å². The van der Waals surface area contributed by atoms with Gasteiger partial charge in [0.15, 0.2) is 0 Å². The number of nitrogens with one attached hydrogen (secondary N) is 1. The van der Waals surface area contributed by atoms with Crippen LogP contribution in [0, 0.1) is 11.3 Å². The van der Waals surface area contributed by atoms with Gasteiger partial charge < -0.3 is 10.2 Å². The highest BCUT2D eigenvalue weighted by Crippen LogP contribution is 2.30. The summed E-state index contributed by atoms with van der Waals surface area (Å²) in [5.41, 5.74) is -0.126. The normalized spacial score (nSPS) is 22.9. The molecule has 0 bridgehead atoms. The van der Waals surface area contributed by atoms with E-state index in [0.29, 0.717) is 11.8 Å². The second-order valence-electron chi connectivity index (χ2n) is 5.05. The molecule has 1 unspecified atom stereocenters. The van der Waals surface area contributed by atoms with Crippen LogP contribution < -0.4 is 5.32 Å². The maximum atomic E-state index is 11.9. The van der Waals surface area contributed by atoms with E-state index in [-0.39, 0.29) is 5.41 Å². The van der Waals surface area contributed by atoms with Gasteiger partial charge in [0.1, 0.15) is 0 Å². The monoisotopic (exact) mass is 198 g/mol. The minimum Gasteiger partial charge on any atom is -0.342 e. The van der Waals surface area contributed by atoms with Gasteiger partial charge in [-0.1, -0.05) is 20.8 Å². The molecule has 1 saturated heterocycles. The summed E-state index contributed by atoms with van der Waals surface area (Å²) in [6.45, 7) is 9.05. The van der Waals surface area contributed by atoms with Crippen LogP contribution in [-0.2, 0) is 4.79 Å². The fraction of sp³-hybridized carbons (Fsp3) is 0.909. The van der Waals surface area contributed by atoms with Gasteiger partial charge in [-0.3, -0.25) is 4.79 Å². The number of hydrogen-bond acceptors (Lipinski definition) is 2. The first-order valence-corrected chi connectivity index (χ1v) is 5.41. The molecule has 0 aromatic heterocycles. The lowest BCUT2D eigenvalue weighted by atomic mass is 9.92. The summed E-state index contributed by atoms with van der Waals surface area (Å²) in [5, 5.41) is 3.14. The SMILES string of the molecule is CNCC(C)CN1CCC(C)(C)C1=O. The fourth-order valence-electron chi connectivity index (χ4n) is 2.01. The third-order valence-corrected chi connectivity index (χ3v) is 2.96. The van der Waals surface area contributed by atoms with Crippen molar-refractivity contribution >= 4 is 5.91 Å². The van der Waals surface area contributed by atoms with Crippen molar-refractivity contribution in [2.75, 3.05) is 26.7 Å². The van der Waals surface area contributed by atoms with E-state index in [1.54, 1.807) is 0 Å². The number of nitrogens with zero attached hydrogens (tertiary/aromatic N) is 1. The third-order valence-electron chi connectivity index (χ3n) is 2.96. The summed E-state index contributed by atoms with van der Waals surface area (Å²) in [6, 6.07) is 0. The van der Waals surface area contributed by atoms with Crippen LogP contribution in [0.15, 0.2) is 0 Å². The number of carbonyl (C=O) groups is 1. The zero-order valence-electron chi connectivity index (χ0n) is 9.76. The average molecular weight is 198 g/mol. The highest BCUT2D eigenvalue weighted by Gasteiger charge is 2.38. The van der Waals surface area contributed by atoms with Crippen molar-refractivity contribution in [2.45, 2.75) is 27.2 Å².